The Labute approximate surface area is 95.2 Å². The van der Waals surface area contributed by atoms with Crippen molar-refractivity contribution in [1.82, 2.24) is 5.32 Å². The standard InChI is InChI=1S/C9H11BrN2OS/c1-11-7-3-8(13)12(4-7)9-2-6(10)5-14-9/h2,5,7,11H,3-4H2,1H3. The van der Waals surface area contributed by atoms with Crippen LogP contribution in [0.15, 0.2) is 15.9 Å². The first kappa shape index (κ1) is 10.1. The molecule has 1 unspecified atom stereocenters. The highest BCUT2D eigenvalue weighted by atomic mass is 79.9. The lowest BCUT2D eigenvalue weighted by atomic mass is 10.3. The highest BCUT2D eigenvalue weighted by molar-refractivity contribution is 9.10. The normalized spacial score (nSPS) is 22.0. The van der Waals surface area contributed by atoms with E-state index in [9.17, 15) is 4.79 Å². The third kappa shape index (κ3) is 1.85. The quantitative estimate of drug-likeness (QED) is 0.893. The van der Waals surface area contributed by atoms with Crippen molar-refractivity contribution in [2.24, 2.45) is 0 Å². The SMILES string of the molecule is CNC1CC(=O)N(c2cc(Br)cs2)C1. The second-order valence-electron chi connectivity index (χ2n) is 3.30. The molecule has 1 aromatic heterocycles. The van der Waals surface area contributed by atoms with Gasteiger partial charge in [0, 0.05) is 28.9 Å². The van der Waals surface area contributed by atoms with Gasteiger partial charge in [0.05, 0.1) is 5.00 Å². The topological polar surface area (TPSA) is 32.3 Å². The molecular weight excluding hydrogens is 264 g/mol. The van der Waals surface area contributed by atoms with E-state index in [4.69, 9.17) is 0 Å². The number of rotatable bonds is 2. The van der Waals surface area contributed by atoms with Gasteiger partial charge in [-0.2, -0.15) is 0 Å². The maximum Gasteiger partial charge on any atom is 0.229 e. The van der Waals surface area contributed by atoms with E-state index in [-0.39, 0.29) is 5.91 Å². The van der Waals surface area contributed by atoms with Crippen LogP contribution in [0.25, 0.3) is 0 Å². The molecule has 2 heterocycles. The van der Waals surface area contributed by atoms with Gasteiger partial charge in [-0.3, -0.25) is 4.79 Å². The summed E-state index contributed by atoms with van der Waals surface area (Å²) in [5.41, 5.74) is 0. The monoisotopic (exact) mass is 274 g/mol. The fourth-order valence-electron chi connectivity index (χ4n) is 1.56. The summed E-state index contributed by atoms with van der Waals surface area (Å²) in [5.74, 6) is 0.207. The summed E-state index contributed by atoms with van der Waals surface area (Å²) >= 11 is 4.98. The molecule has 0 bridgehead atoms. The van der Waals surface area contributed by atoms with Crippen molar-refractivity contribution in [2.45, 2.75) is 12.5 Å². The second kappa shape index (κ2) is 4.00. The van der Waals surface area contributed by atoms with Gasteiger partial charge in [0.1, 0.15) is 0 Å². The molecule has 0 saturated carbocycles. The van der Waals surface area contributed by atoms with Gasteiger partial charge in [0.15, 0.2) is 0 Å². The minimum Gasteiger partial charge on any atom is -0.315 e. The Hall–Kier alpha value is -0.390. The summed E-state index contributed by atoms with van der Waals surface area (Å²) in [6.07, 6.45) is 0.603. The Bertz CT molecular complexity index is 352. The summed E-state index contributed by atoms with van der Waals surface area (Å²) in [4.78, 5) is 13.5. The summed E-state index contributed by atoms with van der Waals surface area (Å²) in [5, 5.41) is 6.15. The molecule has 3 nitrogen and oxygen atoms in total. The average Bonchev–Trinajstić information content (AvgIpc) is 2.71. The number of amides is 1. The number of nitrogens with one attached hydrogen (secondary N) is 1. The number of likely N-dealkylation sites (N-methyl/N-ethyl adjacent to an activating group) is 1. The largest absolute Gasteiger partial charge is 0.315 e. The predicted molar refractivity (Wildman–Crippen MR) is 61.8 cm³/mol. The van der Waals surface area contributed by atoms with E-state index in [1.54, 1.807) is 11.3 Å². The molecule has 2 rings (SSSR count). The molecule has 76 valence electrons. The average molecular weight is 275 g/mol. The van der Waals surface area contributed by atoms with Gasteiger partial charge in [0.2, 0.25) is 5.91 Å². The molecule has 1 aromatic rings. The van der Waals surface area contributed by atoms with Crippen molar-refractivity contribution in [3.05, 3.63) is 15.9 Å². The maximum atomic E-state index is 11.6. The van der Waals surface area contributed by atoms with E-state index in [1.807, 2.05) is 23.4 Å². The van der Waals surface area contributed by atoms with Gasteiger partial charge in [0.25, 0.3) is 0 Å². The Balaban J connectivity index is 2.16. The fourth-order valence-corrected chi connectivity index (χ4v) is 3.01. The van der Waals surface area contributed by atoms with Crippen LogP contribution in [0.1, 0.15) is 6.42 Å². The third-order valence-electron chi connectivity index (χ3n) is 2.35. The van der Waals surface area contributed by atoms with E-state index in [2.05, 4.69) is 21.2 Å². The molecule has 0 aromatic carbocycles. The lowest BCUT2D eigenvalue weighted by Crippen LogP contribution is -2.29. The first-order valence-corrected chi connectivity index (χ1v) is 6.09. The van der Waals surface area contributed by atoms with Crippen LogP contribution in [-0.4, -0.2) is 25.5 Å². The number of nitrogens with zero attached hydrogens (tertiary/aromatic N) is 1. The van der Waals surface area contributed by atoms with Crippen molar-refractivity contribution in [3.63, 3.8) is 0 Å². The van der Waals surface area contributed by atoms with Gasteiger partial charge in [-0.1, -0.05) is 0 Å². The molecule has 1 saturated heterocycles. The van der Waals surface area contributed by atoms with Crippen molar-refractivity contribution in [2.75, 3.05) is 18.5 Å². The van der Waals surface area contributed by atoms with Crippen LogP contribution in [0.3, 0.4) is 0 Å². The van der Waals surface area contributed by atoms with Crippen LogP contribution in [-0.2, 0) is 4.79 Å². The summed E-state index contributed by atoms with van der Waals surface area (Å²) in [7, 11) is 1.89. The summed E-state index contributed by atoms with van der Waals surface area (Å²) in [6.45, 7) is 0.780. The van der Waals surface area contributed by atoms with Gasteiger partial charge < -0.3 is 10.2 Å². The highest BCUT2D eigenvalue weighted by Crippen LogP contribution is 2.30. The minimum atomic E-state index is 0.207. The van der Waals surface area contributed by atoms with Gasteiger partial charge in [-0.25, -0.2) is 0 Å². The molecule has 0 aliphatic carbocycles. The molecule has 1 amide bonds. The van der Waals surface area contributed by atoms with Gasteiger partial charge in [-0.05, 0) is 29.0 Å². The molecule has 14 heavy (non-hydrogen) atoms. The van der Waals surface area contributed by atoms with E-state index >= 15 is 0 Å². The Morgan fingerprint density at radius 3 is 3.00 bits per heavy atom. The summed E-state index contributed by atoms with van der Waals surface area (Å²) < 4.78 is 1.04. The molecule has 1 fully saturated rings. The zero-order valence-electron chi connectivity index (χ0n) is 7.79. The molecule has 1 aliphatic rings. The summed E-state index contributed by atoms with van der Waals surface area (Å²) in [6, 6.07) is 2.28. The van der Waals surface area contributed by atoms with Crippen molar-refractivity contribution in [1.29, 1.82) is 0 Å². The fraction of sp³-hybridized carbons (Fsp3) is 0.444. The smallest absolute Gasteiger partial charge is 0.229 e. The first-order chi connectivity index (χ1) is 6.70. The lowest BCUT2D eigenvalue weighted by Gasteiger charge is -2.13. The van der Waals surface area contributed by atoms with Crippen LogP contribution < -0.4 is 10.2 Å². The lowest BCUT2D eigenvalue weighted by molar-refractivity contribution is -0.117. The maximum absolute atomic E-state index is 11.6. The van der Waals surface area contributed by atoms with Crippen LogP contribution in [0.2, 0.25) is 0 Å². The number of carbonyl (C=O) groups excluding carboxylic acids is 1. The number of anilines is 1. The zero-order chi connectivity index (χ0) is 10.1. The second-order valence-corrected chi connectivity index (χ2v) is 5.10. The Morgan fingerprint density at radius 2 is 2.50 bits per heavy atom. The van der Waals surface area contributed by atoms with Gasteiger partial charge >= 0.3 is 0 Å². The van der Waals surface area contributed by atoms with E-state index in [0.29, 0.717) is 12.5 Å². The number of hydrogen-bond donors (Lipinski definition) is 1. The molecule has 1 aliphatic heterocycles. The van der Waals surface area contributed by atoms with Crippen LogP contribution in [0.5, 0.6) is 0 Å². The molecule has 0 spiro atoms. The van der Waals surface area contributed by atoms with Crippen LogP contribution >= 0.6 is 27.3 Å². The Morgan fingerprint density at radius 1 is 1.71 bits per heavy atom. The van der Waals surface area contributed by atoms with Crippen molar-refractivity contribution < 1.29 is 4.79 Å². The van der Waals surface area contributed by atoms with Gasteiger partial charge in [-0.15, -0.1) is 11.3 Å². The van der Waals surface area contributed by atoms with Crippen LogP contribution in [0.4, 0.5) is 5.00 Å². The number of halogens is 1. The minimum absolute atomic E-state index is 0.207. The molecule has 1 atom stereocenters. The molecule has 0 radical (unpaired) electrons. The highest BCUT2D eigenvalue weighted by Gasteiger charge is 2.30. The Kier molecular flexibility index (Phi) is 2.90. The van der Waals surface area contributed by atoms with Crippen molar-refractivity contribution >= 4 is 38.2 Å². The van der Waals surface area contributed by atoms with E-state index < -0.39 is 0 Å². The van der Waals surface area contributed by atoms with Crippen LogP contribution in [0, 0.1) is 0 Å². The van der Waals surface area contributed by atoms with Crippen molar-refractivity contribution in [3.8, 4) is 0 Å². The van der Waals surface area contributed by atoms with E-state index in [0.717, 1.165) is 16.0 Å². The first-order valence-electron chi connectivity index (χ1n) is 4.42. The van der Waals surface area contributed by atoms with E-state index in [1.165, 1.54) is 0 Å². The molecular formula is C9H11BrN2OS. The molecule has 5 heteroatoms. The molecule has 1 N–H and O–H groups in total. The number of thiophene rings is 1. The number of hydrogen-bond acceptors (Lipinski definition) is 3. The predicted octanol–water partition coefficient (Wildman–Crippen LogP) is 1.84. The third-order valence-corrected chi connectivity index (χ3v) is 4.07. The zero-order valence-corrected chi connectivity index (χ0v) is 10.2. The number of carbonyl (C=O) groups is 1.